The summed E-state index contributed by atoms with van der Waals surface area (Å²) in [5, 5.41) is 12.0. The zero-order valence-electron chi connectivity index (χ0n) is 23.5. The van der Waals surface area contributed by atoms with Gasteiger partial charge in [0.25, 0.3) is 0 Å². The fourth-order valence-electron chi connectivity index (χ4n) is 8.17. The minimum absolute atomic E-state index is 0.117. The van der Waals surface area contributed by atoms with Crippen LogP contribution in [0.15, 0.2) is 46.9 Å². The van der Waals surface area contributed by atoms with Gasteiger partial charge in [-0.15, -0.1) is 0 Å². The molecule has 1 saturated heterocycles. The summed E-state index contributed by atoms with van der Waals surface area (Å²) in [5.41, 5.74) is 2.34. The molecule has 2 heterocycles. The number of fused-ring (bicyclic) bond motifs is 5. The maximum Gasteiger partial charge on any atom is 0.0577 e. The molecule has 2 aliphatic heterocycles. The van der Waals surface area contributed by atoms with Gasteiger partial charge in [-0.25, -0.2) is 10.0 Å². The van der Waals surface area contributed by atoms with Gasteiger partial charge >= 0.3 is 0 Å². The Morgan fingerprint density at radius 3 is 2.34 bits per heavy atom. The summed E-state index contributed by atoms with van der Waals surface area (Å²) < 4.78 is 12.9. The van der Waals surface area contributed by atoms with Crippen LogP contribution in [0.1, 0.15) is 92.9 Å². The summed E-state index contributed by atoms with van der Waals surface area (Å²) in [6.45, 7) is 13.1. The van der Waals surface area contributed by atoms with Gasteiger partial charge in [0.15, 0.2) is 0 Å². The third kappa shape index (κ3) is 5.23. The molecule has 3 fully saturated rings. The van der Waals surface area contributed by atoms with Crippen LogP contribution in [0, 0.1) is 16.7 Å². The molecule has 1 aromatic carbocycles. The zero-order chi connectivity index (χ0) is 25.9. The van der Waals surface area contributed by atoms with Crippen LogP contribution >= 0.6 is 10.0 Å². The number of hydrogen-bond acceptors (Lipinski definition) is 2. The maximum absolute atomic E-state index is 12.9. The molecule has 4 aliphatic rings. The van der Waals surface area contributed by atoms with Crippen molar-refractivity contribution in [2.75, 3.05) is 17.8 Å². The summed E-state index contributed by atoms with van der Waals surface area (Å²) >= 11 is 0. The number of benzene rings is 1. The standard InChI is InChI=1S/C27H40O2S2.2C2H6/c1-26-16-12-25-27(2)15-11-22(28)19-21(27)14-18-31(25,3)24(26)10-9-20(26)13-17-30(29)23-7-5-4-6-8-23;2*1-2/h4-8,14,20,22,24-25,28H,9-13,15-19H2,1-3H3;2*1-2H3. The Balaban J connectivity index is 0.000000815. The molecule has 4 heteroatoms. The van der Waals surface area contributed by atoms with E-state index in [0.717, 1.165) is 46.3 Å². The first kappa shape index (κ1) is 29.0. The summed E-state index contributed by atoms with van der Waals surface area (Å²) in [4.78, 5) is 0.987. The molecule has 0 spiro atoms. The maximum atomic E-state index is 12.9. The van der Waals surface area contributed by atoms with E-state index in [0.29, 0.717) is 10.8 Å². The molecular weight excluding hydrogens is 468 g/mol. The van der Waals surface area contributed by atoms with Gasteiger partial charge in [-0.05, 0) is 103 Å². The summed E-state index contributed by atoms with van der Waals surface area (Å²) in [5.74, 6) is 2.81. The molecule has 5 rings (SSSR count). The second kappa shape index (κ2) is 11.9. The van der Waals surface area contributed by atoms with E-state index >= 15 is 0 Å². The van der Waals surface area contributed by atoms with Crippen molar-refractivity contribution in [1.29, 1.82) is 0 Å². The van der Waals surface area contributed by atoms with Crippen molar-refractivity contribution in [3.05, 3.63) is 42.0 Å². The van der Waals surface area contributed by atoms with Crippen molar-refractivity contribution >= 4 is 20.8 Å². The van der Waals surface area contributed by atoms with E-state index in [1.165, 1.54) is 37.9 Å². The molecule has 2 aliphatic carbocycles. The Hall–Kier alpha value is -0.580. The second-order valence-corrected chi connectivity index (χ2v) is 16.9. The number of aliphatic hydroxyl groups is 1. The van der Waals surface area contributed by atoms with Crippen molar-refractivity contribution < 1.29 is 9.32 Å². The van der Waals surface area contributed by atoms with E-state index in [2.05, 4.69) is 26.2 Å². The fraction of sp³-hybridized carbons (Fsp3) is 0.742. The summed E-state index contributed by atoms with van der Waals surface area (Å²) in [6, 6.07) is 10.0. The monoisotopic (exact) mass is 520 g/mol. The predicted octanol–water partition coefficient (Wildman–Crippen LogP) is 8.11. The van der Waals surface area contributed by atoms with Crippen molar-refractivity contribution in [3.8, 4) is 0 Å². The highest BCUT2D eigenvalue weighted by Gasteiger charge is 2.61. The van der Waals surface area contributed by atoms with Crippen LogP contribution in [-0.4, -0.2) is 43.7 Å². The molecule has 0 amide bonds. The Bertz CT molecular complexity index is 883. The van der Waals surface area contributed by atoms with Crippen molar-refractivity contribution in [3.63, 3.8) is 0 Å². The molecule has 35 heavy (non-hydrogen) atoms. The molecule has 200 valence electrons. The molecular formula is C31H52O2S2. The first-order chi connectivity index (χ1) is 16.8. The fourth-order valence-corrected chi connectivity index (χ4v) is 15.1. The van der Waals surface area contributed by atoms with E-state index in [-0.39, 0.29) is 6.10 Å². The molecule has 0 radical (unpaired) electrons. The van der Waals surface area contributed by atoms with Crippen LogP contribution in [0.5, 0.6) is 0 Å². The number of hydrogen-bond donors (Lipinski definition) is 1. The van der Waals surface area contributed by atoms with Crippen LogP contribution in [0.2, 0.25) is 0 Å². The van der Waals surface area contributed by atoms with Gasteiger partial charge in [0.1, 0.15) is 0 Å². The first-order valence-corrected chi connectivity index (χ1v) is 18.0. The van der Waals surface area contributed by atoms with E-state index in [1.807, 2.05) is 58.0 Å². The molecule has 2 nitrogen and oxygen atoms in total. The summed E-state index contributed by atoms with van der Waals surface area (Å²) in [7, 11) is -1.59. The van der Waals surface area contributed by atoms with Crippen molar-refractivity contribution in [2.45, 2.75) is 114 Å². The number of rotatable bonds is 4. The molecule has 0 aromatic heterocycles. The van der Waals surface area contributed by atoms with Gasteiger partial charge in [0.05, 0.1) is 16.9 Å². The predicted molar refractivity (Wildman–Crippen MR) is 157 cm³/mol. The SMILES string of the molecule is CC.CC.CC12CCC(O)CC1=CCS1(C)C2CCC2(C)C(CCS(=O)c3ccccc3)CCC21. The Morgan fingerprint density at radius 1 is 0.971 bits per heavy atom. The molecule has 0 bridgehead atoms. The van der Waals surface area contributed by atoms with Gasteiger partial charge in [0.2, 0.25) is 0 Å². The Morgan fingerprint density at radius 2 is 1.66 bits per heavy atom. The Kier molecular flexibility index (Phi) is 9.82. The highest BCUT2D eigenvalue weighted by atomic mass is 32.3. The lowest BCUT2D eigenvalue weighted by atomic mass is 9.65. The first-order valence-electron chi connectivity index (χ1n) is 14.3. The van der Waals surface area contributed by atoms with Crippen molar-refractivity contribution in [2.24, 2.45) is 16.7 Å². The molecule has 2 saturated carbocycles. The van der Waals surface area contributed by atoms with Crippen molar-refractivity contribution in [1.82, 2.24) is 0 Å². The Labute approximate surface area is 220 Å². The van der Waals surface area contributed by atoms with E-state index in [1.54, 1.807) is 5.57 Å². The largest absolute Gasteiger partial charge is 0.393 e. The minimum Gasteiger partial charge on any atom is -0.393 e. The lowest BCUT2D eigenvalue weighted by Crippen LogP contribution is -2.54. The average molecular weight is 521 g/mol. The topological polar surface area (TPSA) is 37.3 Å². The quantitative estimate of drug-likeness (QED) is 0.407. The van der Waals surface area contributed by atoms with E-state index in [4.69, 9.17) is 0 Å². The van der Waals surface area contributed by atoms with Gasteiger partial charge in [0, 0.05) is 10.6 Å². The highest BCUT2D eigenvalue weighted by molar-refractivity contribution is 8.34. The molecule has 1 aromatic rings. The lowest BCUT2D eigenvalue weighted by molar-refractivity contribution is 0.100. The lowest BCUT2D eigenvalue weighted by Gasteiger charge is -2.66. The normalized spacial score (nSPS) is 42.2. The van der Waals surface area contributed by atoms with E-state index < -0.39 is 20.8 Å². The smallest absolute Gasteiger partial charge is 0.0577 e. The molecule has 8 atom stereocenters. The van der Waals surface area contributed by atoms with E-state index in [9.17, 15) is 9.32 Å². The second-order valence-electron chi connectivity index (χ2n) is 11.4. The molecule has 8 unspecified atom stereocenters. The van der Waals surface area contributed by atoms with Gasteiger partial charge in [-0.2, -0.15) is 0 Å². The minimum atomic E-state index is -0.870. The van der Waals surface area contributed by atoms with Crippen LogP contribution in [0.3, 0.4) is 0 Å². The van der Waals surface area contributed by atoms with Crippen LogP contribution in [0.4, 0.5) is 0 Å². The van der Waals surface area contributed by atoms with Gasteiger partial charge in [-0.1, -0.05) is 71.4 Å². The number of aliphatic hydroxyl groups excluding tert-OH is 1. The third-order valence-electron chi connectivity index (χ3n) is 9.93. The molecule has 1 N–H and O–H groups in total. The van der Waals surface area contributed by atoms with Crippen LogP contribution < -0.4 is 0 Å². The zero-order valence-corrected chi connectivity index (χ0v) is 25.1. The average Bonchev–Trinajstić information content (AvgIpc) is 3.23. The van der Waals surface area contributed by atoms with Crippen LogP contribution in [0.25, 0.3) is 0 Å². The summed E-state index contributed by atoms with van der Waals surface area (Å²) in [6.07, 6.45) is 14.8. The van der Waals surface area contributed by atoms with Gasteiger partial charge < -0.3 is 5.11 Å². The highest BCUT2D eigenvalue weighted by Crippen LogP contribution is 2.76. The third-order valence-corrected chi connectivity index (χ3v) is 16.4. The van der Waals surface area contributed by atoms with Crippen LogP contribution in [-0.2, 0) is 10.8 Å². The van der Waals surface area contributed by atoms with Gasteiger partial charge in [-0.3, -0.25) is 4.21 Å².